The van der Waals surface area contributed by atoms with Gasteiger partial charge < -0.3 is 4.90 Å². The number of thiophene rings is 1. The first kappa shape index (κ1) is 35.6. The second-order valence-electron chi connectivity index (χ2n) is 17.1. The average molecular weight is 833 g/mol. The number of fused-ring (bicyclic) bond motifs is 13. The van der Waals surface area contributed by atoms with Gasteiger partial charge in [-0.1, -0.05) is 164 Å². The number of aromatic nitrogens is 3. The second-order valence-corrected chi connectivity index (χ2v) is 18.2. The zero-order valence-electron chi connectivity index (χ0n) is 34.5. The highest BCUT2D eigenvalue weighted by Gasteiger charge is 2.42. The van der Waals surface area contributed by atoms with Gasteiger partial charge in [-0.3, -0.25) is 0 Å². The van der Waals surface area contributed by atoms with E-state index in [1.807, 2.05) is 11.3 Å². The third-order valence-electron chi connectivity index (χ3n) is 13.6. The molecule has 10 aromatic carbocycles. The van der Waals surface area contributed by atoms with Crippen molar-refractivity contribution in [3.63, 3.8) is 0 Å². The van der Waals surface area contributed by atoms with Gasteiger partial charge >= 0.3 is 0 Å². The van der Waals surface area contributed by atoms with Crippen molar-refractivity contribution in [3.05, 3.63) is 217 Å². The third-order valence-corrected chi connectivity index (χ3v) is 14.7. The average Bonchev–Trinajstić information content (AvgIpc) is 3.90. The Bertz CT molecular complexity index is 3960. The fraction of sp³-hybridized carbons (Fsp3) is 0.0339. The molecule has 298 valence electrons. The number of hydrogen-bond acceptors (Lipinski definition) is 5. The van der Waals surface area contributed by atoms with Crippen molar-refractivity contribution in [2.24, 2.45) is 0 Å². The first-order valence-corrected chi connectivity index (χ1v) is 22.7. The van der Waals surface area contributed by atoms with Gasteiger partial charge in [-0.15, -0.1) is 11.3 Å². The molecule has 0 amide bonds. The minimum Gasteiger partial charge on any atom is -0.333 e. The highest BCUT2D eigenvalue weighted by atomic mass is 32.1. The molecule has 0 bridgehead atoms. The van der Waals surface area contributed by atoms with Crippen molar-refractivity contribution < 1.29 is 0 Å². The van der Waals surface area contributed by atoms with Crippen LogP contribution in [0.1, 0.15) is 22.6 Å². The van der Waals surface area contributed by atoms with Crippen LogP contribution in [-0.4, -0.2) is 21.0 Å². The van der Waals surface area contributed by atoms with Gasteiger partial charge in [0.25, 0.3) is 0 Å². The molecule has 2 unspecified atom stereocenters. The summed E-state index contributed by atoms with van der Waals surface area (Å²) in [4.78, 5) is 18.9. The van der Waals surface area contributed by atoms with E-state index in [0.717, 1.165) is 38.5 Å². The number of anilines is 2. The first-order valence-electron chi connectivity index (χ1n) is 21.9. The lowest BCUT2D eigenvalue weighted by Crippen LogP contribution is -2.30. The topological polar surface area (TPSA) is 41.9 Å². The van der Waals surface area contributed by atoms with Gasteiger partial charge in [-0.2, -0.15) is 0 Å². The van der Waals surface area contributed by atoms with Gasteiger partial charge in [0, 0.05) is 48.5 Å². The molecular weight excluding hydrogens is 797 g/mol. The molecule has 2 aromatic heterocycles. The van der Waals surface area contributed by atoms with Crippen LogP contribution in [0.4, 0.5) is 11.4 Å². The van der Waals surface area contributed by atoms with Crippen molar-refractivity contribution in [1.82, 2.24) is 15.0 Å². The summed E-state index contributed by atoms with van der Waals surface area (Å²) in [7, 11) is 0. The fourth-order valence-corrected chi connectivity index (χ4v) is 11.8. The quantitative estimate of drug-likeness (QED) is 0.166. The normalized spacial score (nSPS) is 15.4. The maximum atomic E-state index is 5.49. The van der Waals surface area contributed by atoms with Crippen LogP contribution in [-0.2, 0) is 0 Å². The molecule has 14 rings (SSSR count). The molecule has 2 atom stereocenters. The van der Waals surface area contributed by atoms with Gasteiger partial charge in [0.05, 0.1) is 11.7 Å². The monoisotopic (exact) mass is 832 g/mol. The lowest BCUT2D eigenvalue weighted by atomic mass is 9.81. The molecule has 0 saturated carbocycles. The van der Waals surface area contributed by atoms with Crippen molar-refractivity contribution in [1.29, 1.82) is 0 Å². The van der Waals surface area contributed by atoms with E-state index in [1.54, 1.807) is 0 Å². The third kappa shape index (κ3) is 5.38. The van der Waals surface area contributed by atoms with Crippen molar-refractivity contribution in [2.45, 2.75) is 12.0 Å². The van der Waals surface area contributed by atoms with Crippen LogP contribution in [0.3, 0.4) is 0 Å². The van der Waals surface area contributed by atoms with Crippen molar-refractivity contribution >= 4 is 92.0 Å². The summed E-state index contributed by atoms with van der Waals surface area (Å²) in [6.45, 7) is 0. The number of benzene rings is 10. The molecular formula is C59H36N4S. The Balaban J connectivity index is 1.05. The molecule has 64 heavy (non-hydrogen) atoms. The van der Waals surface area contributed by atoms with Gasteiger partial charge in [0.1, 0.15) is 0 Å². The van der Waals surface area contributed by atoms with Crippen LogP contribution in [0.5, 0.6) is 0 Å². The van der Waals surface area contributed by atoms with E-state index in [4.69, 9.17) is 15.0 Å². The van der Waals surface area contributed by atoms with Crippen LogP contribution in [0.15, 0.2) is 200 Å². The minimum atomic E-state index is 0.0601. The van der Waals surface area contributed by atoms with Crippen molar-refractivity contribution in [3.8, 4) is 34.2 Å². The molecule has 1 aliphatic heterocycles. The summed E-state index contributed by atoms with van der Waals surface area (Å²) in [5, 5.41) is 12.0. The Morgan fingerprint density at radius 3 is 1.89 bits per heavy atom. The van der Waals surface area contributed by atoms with E-state index in [-0.39, 0.29) is 12.0 Å². The summed E-state index contributed by atoms with van der Waals surface area (Å²) in [6.07, 6.45) is 4.75. The van der Waals surface area contributed by atoms with E-state index in [9.17, 15) is 0 Å². The molecule has 0 radical (unpaired) electrons. The Morgan fingerprint density at radius 1 is 0.406 bits per heavy atom. The standard InChI is InChI=1S/C59H36N4S/c1-2-15-37-29-41(26-25-35(37)13-1)57-60-58(62-59(61-57)48-31-40-18-6-7-19-43(40)45-21-9-10-22-46(45)48)42-33-52(56-47-23-11-12-24-53(47)64-54(56)34-42)63-50-28-27-36-14-5-8-20-44(36)55(50)49-30-38-16-3-4-17-39(38)32-51(49)63/h1-34,50,55H. The molecule has 0 saturated heterocycles. The summed E-state index contributed by atoms with van der Waals surface area (Å²) < 4.78 is 2.45. The highest BCUT2D eigenvalue weighted by Crippen LogP contribution is 2.55. The molecule has 12 aromatic rings. The molecule has 3 heterocycles. The van der Waals surface area contributed by atoms with E-state index in [1.165, 1.54) is 69.5 Å². The van der Waals surface area contributed by atoms with Crippen LogP contribution < -0.4 is 4.90 Å². The molecule has 0 spiro atoms. The molecule has 1 aliphatic carbocycles. The zero-order valence-corrected chi connectivity index (χ0v) is 35.3. The number of hydrogen-bond donors (Lipinski definition) is 0. The smallest absolute Gasteiger partial charge is 0.164 e. The molecule has 2 aliphatic rings. The van der Waals surface area contributed by atoms with Crippen LogP contribution >= 0.6 is 11.3 Å². The van der Waals surface area contributed by atoms with Gasteiger partial charge in [0.15, 0.2) is 17.5 Å². The Labute approximate surface area is 373 Å². The Hall–Kier alpha value is -7.99. The number of rotatable bonds is 4. The van der Waals surface area contributed by atoms with Crippen molar-refractivity contribution in [2.75, 3.05) is 4.90 Å². The second kappa shape index (κ2) is 13.8. The molecule has 0 fully saturated rings. The zero-order chi connectivity index (χ0) is 41.9. The first-order chi connectivity index (χ1) is 31.7. The van der Waals surface area contributed by atoms with E-state index in [2.05, 4.69) is 211 Å². The summed E-state index contributed by atoms with van der Waals surface area (Å²) in [5.74, 6) is 2.10. The summed E-state index contributed by atoms with van der Waals surface area (Å²) >= 11 is 1.84. The maximum Gasteiger partial charge on any atom is 0.164 e. The lowest BCUT2D eigenvalue weighted by molar-refractivity contribution is 0.726. The minimum absolute atomic E-state index is 0.0601. The highest BCUT2D eigenvalue weighted by molar-refractivity contribution is 7.26. The van der Waals surface area contributed by atoms with Crippen LogP contribution in [0.25, 0.3) is 104 Å². The van der Waals surface area contributed by atoms with Crippen LogP contribution in [0, 0.1) is 0 Å². The lowest BCUT2D eigenvalue weighted by Gasteiger charge is -2.32. The SMILES string of the molecule is C1=CC2C(c3ccccc31)c1cc3ccccc3cc1N2c1cc(-c2nc(-c3ccc4ccccc4c3)nc(-c3cc4ccccc4c4ccccc34)n2)cc2sc3ccccc3c12. The number of nitrogens with zero attached hydrogens (tertiary/aromatic N) is 4. The summed E-state index contributed by atoms with van der Waals surface area (Å²) in [6, 6.07) is 70.6. The molecule has 0 N–H and O–H groups in total. The van der Waals surface area contributed by atoms with E-state index >= 15 is 0 Å². The maximum absolute atomic E-state index is 5.49. The van der Waals surface area contributed by atoms with E-state index < -0.39 is 0 Å². The predicted molar refractivity (Wildman–Crippen MR) is 269 cm³/mol. The largest absolute Gasteiger partial charge is 0.333 e. The Kier molecular flexibility index (Phi) is 7.65. The summed E-state index contributed by atoms with van der Waals surface area (Å²) in [5.41, 5.74) is 9.27. The Morgan fingerprint density at radius 2 is 1.05 bits per heavy atom. The molecule has 5 heteroatoms. The van der Waals surface area contributed by atoms with Gasteiger partial charge in [-0.05, 0) is 102 Å². The van der Waals surface area contributed by atoms with E-state index in [0.29, 0.717) is 17.5 Å². The van der Waals surface area contributed by atoms with Crippen LogP contribution in [0.2, 0.25) is 0 Å². The van der Waals surface area contributed by atoms with Gasteiger partial charge in [-0.25, -0.2) is 15.0 Å². The predicted octanol–water partition coefficient (Wildman–Crippen LogP) is 15.5. The molecule has 4 nitrogen and oxygen atoms in total. The van der Waals surface area contributed by atoms with Gasteiger partial charge in [0.2, 0.25) is 0 Å². The fourth-order valence-electron chi connectivity index (χ4n) is 10.7.